The Morgan fingerprint density at radius 2 is 2.00 bits per heavy atom. The lowest BCUT2D eigenvalue weighted by Crippen LogP contribution is -2.03. The van der Waals surface area contributed by atoms with Gasteiger partial charge in [-0.2, -0.15) is 0 Å². The number of ether oxygens (including phenoxy) is 1. The first kappa shape index (κ1) is 14.9. The number of benzene rings is 2. The van der Waals surface area contributed by atoms with Crippen molar-refractivity contribution >= 4 is 21.6 Å². The highest BCUT2D eigenvalue weighted by Crippen LogP contribution is 2.26. The Balaban J connectivity index is 2.03. The molecule has 2 aromatic carbocycles. The summed E-state index contributed by atoms with van der Waals surface area (Å²) < 4.78 is 20.0. The quantitative estimate of drug-likeness (QED) is 0.801. The van der Waals surface area contributed by atoms with Gasteiger partial charge in [0, 0.05) is 11.0 Å². The van der Waals surface area contributed by atoms with Crippen LogP contribution in [0.25, 0.3) is 0 Å². The molecule has 0 saturated carbocycles. The van der Waals surface area contributed by atoms with E-state index in [-0.39, 0.29) is 5.82 Å². The van der Waals surface area contributed by atoms with Gasteiger partial charge >= 0.3 is 0 Å². The minimum atomic E-state index is -0.266. The SMILES string of the molecule is CCCOc1cccc(CNc2c(F)cccc2Br)c1. The summed E-state index contributed by atoms with van der Waals surface area (Å²) in [5.74, 6) is 0.580. The molecule has 0 aliphatic carbocycles. The normalized spacial score (nSPS) is 10.3. The molecule has 4 heteroatoms. The lowest BCUT2D eigenvalue weighted by molar-refractivity contribution is 0.317. The largest absolute Gasteiger partial charge is 0.494 e. The first-order chi connectivity index (χ1) is 9.70. The van der Waals surface area contributed by atoms with Gasteiger partial charge in [-0.15, -0.1) is 0 Å². The van der Waals surface area contributed by atoms with Crippen molar-refractivity contribution in [3.63, 3.8) is 0 Å². The molecular weight excluding hydrogens is 321 g/mol. The number of anilines is 1. The van der Waals surface area contributed by atoms with Gasteiger partial charge in [0.2, 0.25) is 0 Å². The van der Waals surface area contributed by atoms with Gasteiger partial charge in [0.25, 0.3) is 0 Å². The van der Waals surface area contributed by atoms with Gasteiger partial charge in [0.15, 0.2) is 0 Å². The lowest BCUT2D eigenvalue weighted by Gasteiger charge is -2.11. The van der Waals surface area contributed by atoms with Crippen molar-refractivity contribution in [2.75, 3.05) is 11.9 Å². The summed E-state index contributed by atoms with van der Waals surface area (Å²) in [6.07, 6.45) is 0.977. The van der Waals surface area contributed by atoms with E-state index in [9.17, 15) is 4.39 Å². The summed E-state index contributed by atoms with van der Waals surface area (Å²) in [6, 6.07) is 12.7. The van der Waals surface area contributed by atoms with Crippen LogP contribution in [0.3, 0.4) is 0 Å². The first-order valence-corrected chi connectivity index (χ1v) is 7.39. The Kier molecular flexibility index (Phi) is 5.41. The van der Waals surface area contributed by atoms with E-state index < -0.39 is 0 Å². The Hall–Kier alpha value is -1.55. The van der Waals surface area contributed by atoms with Crippen molar-refractivity contribution in [1.82, 2.24) is 0 Å². The molecule has 20 heavy (non-hydrogen) atoms. The molecule has 0 heterocycles. The summed E-state index contributed by atoms with van der Waals surface area (Å²) in [5, 5.41) is 3.10. The molecule has 2 rings (SSSR count). The minimum absolute atomic E-state index is 0.266. The van der Waals surface area contributed by atoms with Crippen LogP contribution in [0.4, 0.5) is 10.1 Å². The van der Waals surface area contributed by atoms with Crippen molar-refractivity contribution in [3.05, 3.63) is 58.3 Å². The molecule has 0 aromatic heterocycles. The van der Waals surface area contributed by atoms with Gasteiger partial charge in [-0.1, -0.05) is 25.1 Å². The van der Waals surface area contributed by atoms with Crippen LogP contribution < -0.4 is 10.1 Å². The number of hydrogen-bond acceptors (Lipinski definition) is 2. The van der Waals surface area contributed by atoms with E-state index in [1.807, 2.05) is 30.3 Å². The molecule has 0 aliphatic heterocycles. The van der Waals surface area contributed by atoms with Crippen LogP contribution >= 0.6 is 15.9 Å². The van der Waals surface area contributed by atoms with Crippen molar-refractivity contribution in [3.8, 4) is 5.75 Å². The topological polar surface area (TPSA) is 21.3 Å². The van der Waals surface area contributed by atoms with Gasteiger partial charge in [0.1, 0.15) is 11.6 Å². The predicted octanol–water partition coefficient (Wildman–Crippen LogP) is 4.99. The average molecular weight is 338 g/mol. The fourth-order valence-electron chi connectivity index (χ4n) is 1.82. The van der Waals surface area contributed by atoms with Crippen LogP contribution in [0.15, 0.2) is 46.9 Å². The minimum Gasteiger partial charge on any atom is -0.494 e. The van der Waals surface area contributed by atoms with E-state index in [0.717, 1.165) is 22.2 Å². The fourth-order valence-corrected chi connectivity index (χ4v) is 2.30. The zero-order chi connectivity index (χ0) is 14.4. The molecule has 2 nitrogen and oxygen atoms in total. The molecule has 0 unspecified atom stereocenters. The van der Waals surface area contributed by atoms with Crippen LogP contribution in [-0.4, -0.2) is 6.61 Å². The van der Waals surface area contributed by atoms with Gasteiger partial charge in [-0.25, -0.2) is 4.39 Å². The van der Waals surface area contributed by atoms with E-state index in [1.165, 1.54) is 6.07 Å². The second-order valence-corrected chi connectivity index (χ2v) is 5.30. The van der Waals surface area contributed by atoms with Crippen molar-refractivity contribution in [1.29, 1.82) is 0 Å². The summed E-state index contributed by atoms with van der Waals surface area (Å²) in [6.45, 7) is 3.32. The third kappa shape index (κ3) is 3.97. The number of para-hydroxylation sites is 1. The summed E-state index contributed by atoms with van der Waals surface area (Å²) in [5.41, 5.74) is 1.53. The van der Waals surface area contributed by atoms with Crippen LogP contribution in [0.2, 0.25) is 0 Å². The van der Waals surface area contributed by atoms with E-state index in [1.54, 1.807) is 6.07 Å². The van der Waals surface area contributed by atoms with E-state index in [0.29, 0.717) is 18.8 Å². The molecule has 0 amide bonds. The van der Waals surface area contributed by atoms with Gasteiger partial charge in [-0.3, -0.25) is 0 Å². The fraction of sp³-hybridized carbons (Fsp3) is 0.250. The molecule has 0 spiro atoms. The standard InChI is InChI=1S/C16H17BrFNO/c1-2-9-20-13-6-3-5-12(10-13)11-19-16-14(17)7-4-8-15(16)18/h3-8,10,19H,2,9,11H2,1H3. The smallest absolute Gasteiger partial charge is 0.147 e. The number of halogens is 2. The monoisotopic (exact) mass is 337 g/mol. The first-order valence-electron chi connectivity index (χ1n) is 6.60. The predicted molar refractivity (Wildman–Crippen MR) is 83.7 cm³/mol. The highest BCUT2D eigenvalue weighted by atomic mass is 79.9. The zero-order valence-electron chi connectivity index (χ0n) is 11.3. The Morgan fingerprint density at radius 1 is 1.20 bits per heavy atom. The van der Waals surface area contributed by atoms with Crippen LogP contribution in [-0.2, 0) is 6.54 Å². The van der Waals surface area contributed by atoms with Crippen molar-refractivity contribution < 1.29 is 9.13 Å². The van der Waals surface area contributed by atoms with Gasteiger partial charge < -0.3 is 10.1 Å². The highest BCUT2D eigenvalue weighted by Gasteiger charge is 2.06. The van der Waals surface area contributed by atoms with Gasteiger partial charge in [0.05, 0.1) is 12.3 Å². The van der Waals surface area contributed by atoms with Crippen molar-refractivity contribution in [2.45, 2.75) is 19.9 Å². The summed E-state index contributed by atoms with van der Waals surface area (Å²) in [7, 11) is 0. The summed E-state index contributed by atoms with van der Waals surface area (Å²) >= 11 is 3.34. The zero-order valence-corrected chi connectivity index (χ0v) is 12.9. The summed E-state index contributed by atoms with van der Waals surface area (Å²) in [4.78, 5) is 0. The molecule has 0 bridgehead atoms. The molecule has 0 aliphatic rings. The molecule has 0 saturated heterocycles. The van der Waals surface area contributed by atoms with Crippen LogP contribution in [0.5, 0.6) is 5.75 Å². The molecule has 0 fully saturated rings. The van der Waals surface area contributed by atoms with Crippen LogP contribution in [0, 0.1) is 5.82 Å². The Labute approximate surface area is 127 Å². The van der Waals surface area contributed by atoms with Crippen LogP contribution in [0.1, 0.15) is 18.9 Å². The van der Waals surface area contributed by atoms with E-state index in [4.69, 9.17) is 4.74 Å². The maximum atomic E-state index is 13.7. The van der Waals surface area contributed by atoms with E-state index >= 15 is 0 Å². The lowest BCUT2D eigenvalue weighted by atomic mass is 10.2. The maximum Gasteiger partial charge on any atom is 0.147 e. The Bertz CT molecular complexity index is 554. The number of rotatable bonds is 6. The second kappa shape index (κ2) is 7.29. The molecule has 2 aromatic rings. The third-order valence-corrected chi connectivity index (χ3v) is 3.46. The molecule has 1 N–H and O–H groups in total. The second-order valence-electron chi connectivity index (χ2n) is 4.45. The van der Waals surface area contributed by atoms with Gasteiger partial charge in [-0.05, 0) is 52.2 Å². The van der Waals surface area contributed by atoms with Crippen molar-refractivity contribution in [2.24, 2.45) is 0 Å². The highest BCUT2D eigenvalue weighted by molar-refractivity contribution is 9.10. The molecule has 0 atom stereocenters. The average Bonchev–Trinajstić information content (AvgIpc) is 2.45. The molecule has 106 valence electrons. The number of hydrogen-bond donors (Lipinski definition) is 1. The molecule has 0 radical (unpaired) electrons. The molecular formula is C16H17BrFNO. The number of nitrogens with one attached hydrogen (secondary N) is 1. The maximum absolute atomic E-state index is 13.7. The Morgan fingerprint density at radius 3 is 2.75 bits per heavy atom. The van der Waals surface area contributed by atoms with E-state index in [2.05, 4.69) is 28.2 Å². The third-order valence-electron chi connectivity index (χ3n) is 2.80.